The molecule has 0 aliphatic rings. The van der Waals surface area contributed by atoms with E-state index in [-0.39, 0.29) is 42.3 Å². The van der Waals surface area contributed by atoms with Gasteiger partial charge in [0.2, 0.25) is 35.4 Å². The molecular weight excluding hydrogens is 919 g/mol. The second kappa shape index (κ2) is 50.1. The van der Waals surface area contributed by atoms with Crippen LogP contribution in [0, 0.1) is 0 Å². The van der Waals surface area contributed by atoms with Gasteiger partial charge in [0.05, 0.1) is 6.54 Å². The number of hydrogen-bond acceptors (Lipinski definition) is 9. The number of amides is 6. The van der Waals surface area contributed by atoms with E-state index in [0.29, 0.717) is 90.3 Å². The Labute approximate surface area is 436 Å². The first-order valence-corrected chi connectivity index (χ1v) is 29.4. The van der Waals surface area contributed by atoms with Crippen molar-refractivity contribution in [3.8, 4) is 0 Å². The summed E-state index contributed by atoms with van der Waals surface area (Å²) >= 11 is 3.95. The van der Waals surface area contributed by atoms with E-state index in [0.717, 1.165) is 44.9 Å². The molecule has 9 N–H and O–H groups in total. The highest BCUT2D eigenvalue weighted by atomic mass is 32.1. The lowest BCUT2D eigenvalue weighted by Gasteiger charge is -2.21. The van der Waals surface area contributed by atoms with E-state index < -0.39 is 35.9 Å². The molecule has 3 unspecified atom stereocenters. The van der Waals surface area contributed by atoms with E-state index in [1.54, 1.807) is 0 Å². The van der Waals surface area contributed by atoms with E-state index in [9.17, 15) is 33.6 Å². The van der Waals surface area contributed by atoms with Crippen molar-refractivity contribution in [3.63, 3.8) is 0 Å². The van der Waals surface area contributed by atoms with Gasteiger partial charge in [-0.2, -0.15) is 12.6 Å². The first kappa shape index (κ1) is 67.6. The van der Waals surface area contributed by atoms with E-state index in [1.165, 1.54) is 122 Å². The largest absolute Gasteiger partial charge is 0.480 e. The fourth-order valence-corrected chi connectivity index (χ4v) is 8.85. The van der Waals surface area contributed by atoms with Crippen molar-refractivity contribution >= 4 is 54.0 Å². The second-order valence-corrected chi connectivity index (χ2v) is 20.2. The molecule has 0 rings (SSSR count). The van der Waals surface area contributed by atoms with Crippen LogP contribution in [-0.4, -0.2) is 96.6 Å². The molecule has 71 heavy (non-hydrogen) atoms. The zero-order valence-electron chi connectivity index (χ0n) is 45.0. The van der Waals surface area contributed by atoms with Crippen LogP contribution in [0.4, 0.5) is 0 Å². The van der Waals surface area contributed by atoms with Crippen LogP contribution in [0.1, 0.15) is 258 Å². The van der Waals surface area contributed by atoms with Gasteiger partial charge < -0.3 is 42.7 Å². The fraction of sp³-hybridized carbons (Fsp3) is 0.873. The molecule has 0 spiro atoms. The average molecular weight is 1020 g/mol. The molecule has 0 aromatic rings. The summed E-state index contributed by atoms with van der Waals surface area (Å²) in [5.41, 5.74) is 5.69. The summed E-state index contributed by atoms with van der Waals surface area (Å²) in [5.74, 6) is -3.09. The molecular formula is C55H105N7O8S. The quantitative estimate of drug-likeness (QED) is 0.0208. The molecule has 0 aromatic heterocycles. The van der Waals surface area contributed by atoms with E-state index in [2.05, 4.69) is 58.4 Å². The molecule has 16 heteroatoms. The number of carbonyl (C=O) groups excluding carboxylic acids is 6. The fourth-order valence-electron chi connectivity index (χ4n) is 8.60. The van der Waals surface area contributed by atoms with E-state index in [1.807, 2.05) is 0 Å². The van der Waals surface area contributed by atoms with Gasteiger partial charge in [-0.15, -0.1) is 0 Å². The van der Waals surface area contributed by atoms with E-state index in [4.69, 9.17) is 10.8 Å². The molecule has 6 amide bonds. The Morgan fingerprint density at radius 3 is 1.15 bits per heavy atom. The van der Waals surface area contributed by atoms with Crippen molar-refractivity contribution < 1.29 is 38.7 Å². The van der Waals surface area contributed by atoms with Gasteiger partial charge in [0.15, 0.2) is 0 Å². The second-order valence-electron chi connectivity index (χ2n) is 19.8. The number of nitrogens with one attached hydrogen (secondary N) is 6. The first-order chi connectivity index (χ1) is 34.5. The highest BCUT2D eigenvalue weighted by molar-refractivity contribution is 7.80. The maximum Gasteiger partial charge on any atom is 0.327 e. The number of thiol groups is 1. The molecule has 0 saturated carbocycles. The number of nitrogens with two attached hydrogens (primary N) is 1. The zero-order chi connectivity index (χ0) is 52.4. The highest BCUT2D eigenvalue weighted by Crippen LogP contribution is 2.15. The van der Waals surface area contributed by atoms with Gasteiger partial charge in [0.1, 0.15) is 18.1 Å². The number of unbranched alkanes of at least 4 members (excludes halogenated alkanes) is 28. The van der Waals surface area contributed by atoms with Gasteiger partial charge in [-0.1, -0.05) is 174 Å². The average Bonchev–Trinajstić information content (AvgIpc) is 3.35. The van der Waals surface area contributed by atoms with Crippen LogP contribution < -0.4 is 37.6 Å². The summed E-state index contributed by atoms with van der Waals surface area (Å²) in [7, 11) is 0. The van der Waals surface area contributed by atoms with Crippen LogP contribution >= 0.6 is 12.6 Å². The van der Waals surface area contributed by atoms with Crippen molar-refractivity contribution in [1.29, 1.82) is 0 Å². The van der Waals surface area contributed by atoms with E-state index >= 15 is 0 Å². The van der Waals surface area contributed by atoms with Crippen LogP contribution in [0.2, 0.25) is 0 Å². The minimum Gasteiger partial charge on any atom is -0.480 e. The maximum atomic E-state index is 13.5. The van der Waals surface area contributed by atoms with Crippen LogP contribution in [-0.2, 0) is 33.6 Å². The standard InChI is InChI=1S/C55H105N7O8S/c1-3-5-7-9-11-13-15-17-19-21-23-25-28-38-49(63)57-42-35-32-37-47(60-50(64)39-29-26-24-22-20-18-16-14-12-10-8-6-4-2)54(68)59-44-52(66)61-46(36-31-33-41-56)53(67)58-43-34-27-30-40-51(65)62-48(45-71)55(69)70/h46-48,71H,3-45,56H2,1-2H3,(H,57,63)(H,58,67)(H,59,68)(H,60,64)(H,61,66)(H,62,65)(H,69,70). The molecule has 0 fully saturated rings. The first-order valence-electron chi connectivity index (χ1n) is 28.7. The summed E-state index contributed by atoms with van der Waals surface area (Å²) < 4.78 is 0. The Kier molecular flexibility index (Phi) is 47.7. The predicted octanol–water partition coefficient (Wildman–Crippen LogP) is 9.63. The molecule has 0 radical (unpaired) electrons. The summed E-state index contributed by atoms with van der Waals surface area (Å²) in [5, 5.41) is 25.7. The van der Waals surface area contributed by atoms with Gasteiger partial charge in [-0.3, -0.25) is 28.8 Å². The molecule has 0 aliphatic carbocycles. The molecule has 3 atom stereocenters. The lowest BCUT2D eigenvalue weighted by molar-refractivity contribution is -0.141. The van der Waals surface area contributed by atoms with Crippen molar-refractivity contribution in [3.05, 3.63) is 0 Å². The third-order valence-corrected chi connectivity index (χ3v) is 13.5. The predicted molar refractivity (Wildman–Crippen MR) is 292 cm³/mol. The van der Waals surface area contributed by atoms with Gasteiger partial charge in [-0.25, -0.2) is 4.79 Å². The van der Waals surface area contributed by atoms with Gasteiger partial charge in [0.25, 0.3) is 0 Å². The van der Waals surface area contributed by atoms with Crippen molar-refractivity contribution in [2.75, 3.05) is 31.9 Å². The third-order valence-electron chi connectivity index (χ3n) is 13.1. The Morgan fingerprint density at radius 2 is 0.732 bits per heavy atom. The minimum atomic E-state index is -1.14. The molecule has 15 nitrogen and oxygen atoms in total. The third kappa shape index (κ3) is 43.9. The van der Waals surface area contributed by atoms with Crippen LogP contribution in [0.25, 0.3) is 0 Å². The summed E-state index contributed by atoms with van der Waals surface area (Å²) in [6, 6.07) is -2.74. The van der Waals surface area contributed by atoms with Gasteiger partial charge in [0, 0.05) is 38.1 Å². The monoisotopic (exact) mass is 1020 g/mol. The van der Waals surface area contributed by atoms with Crippen LogP contribution in [0.5, 0.6) is 0 Å². The van der Waals surface area contributed by atoms with Crippen molar-refractivity contribution in [2.45, 2.75) is 276 Å². The summed E-state index contributed by atoms with van der Waals surface area (Å²) in [4.78, 5) is 88.7. The maximum absolute atomic E-state index is 13.5. The Hall–Kier alpha value is -3.40. The zero-order valence-corrected chi connectivity index (χ0v) is 45.9. The molecule has 0 bridgehead atoms. The number of hydrogen-bond donors (Lipinski definition) is 9. The van der Waals surface area contributed by atoms with Crippen LogP contribution in [0.15, 0.2) is 0 Å². The Balaban J connectivity index is 4.96. The molecule has 0 heterocycles. The lowest BCUT2D eigenvalue weighted by atomic mass is 10.0. The summed E-state index contributed by atoms with van der Waals surface area (Å²) in [6.45, 7) is 5.36. The number of aliphatic carboxylic acids is 1. The van der Waals surface area contributed by atoms with Crippen molar-refractivity contribution in [1.82, 2.24) is 31.9 Å². The Bertz CT molecular complexity index is 1380. The lowest BCUT2D eigenvalue weighted by Crippen LogP contribution is -2.52. The minimum absolute atomic E-state index is 0.0105. The highest BCUT2D eigenvalue weighted by Gasteiger charge is 2.24. The van der Waals surface area contributed by atoms with Crippen LogP contribution in [0.3, 0.4) is 0 Å². The van der Waals surface area contributed by atoms with Crippen molar-refractivity contribution in [2.24, 2.45) is 5.73 Å². The smallest absolute Gasteiger partial charge is 0.327 e. The Morgan fingerprint density at radius 1 is 0.394 bits per heavy atom. The number of carboxylic acid groups (broad SMARTS) is 1. The molecule has 0 aliphatic heterocycles. The molecule has 0 aromatic carbocycles. The van der Waals surface area contributed by atoms with Gasteiger partial charge >= 0.3 is 5.97 Å². The topological polar surface area (TPSA) is 238 Å². The number of rotatable bonds is 52. The van der Waals surface area contributed by atoms with Gasteiger partial charge in [-0.05, 0) is 70.8 Å². The SMILES string of the molecule is CCCCCCCCCCCCCCCC(=O)NCCCCC(NC(=O)CCCCCCCCCCCCCCC)C(=O)NCC(=O)NC(CCCCN)C(=O)NCCCCCC(=O)NC(CS)C(=O)O. The molecule has 0 saturated heterocycles. The number of carbonyl (C=O) groups is 7. The number of carboxylic acids is 1. The summed E-state index contributed by atoms with van der Waals surface area (Å²) in [6.07, 6.45) is 37.8. The normalized spacial score (nSPS) is 12.4. The molecule has 414 valence electrons.